The van der Waals surface area contributed by atoms with Crippen molar-refractivity contribution < 1.29 is 4.42 Å². The lowest BCUT2D eigenvalue weighted by molar-refractivity contribution is 0.0940. The van der Waals surface area contributed by atoms with Crippen LogP contribution in [0.25, 0.3) is 0 Å². The first kappa shape index (κ1) is 13.2. The van der Waals surface area contributed by atoms with Gasteiger partial charge in [-0.05, 0) is 52.5 Å². The quantitative estimate of drug-likeness (QED) is 0.907. The Morgan fingerprint density at radius 2 is 2.16 bits per heavy atom. The second-order valence-corrected chi connectivity index (χ2v) is 6.63. The molecule has 1 aliphatic heterocycles. The minimum atomic E-state index is 0.319. The van der Waals surface area contributed by atoms with E-state index < -0.39 is 0 Å². The van der Waals surface area contributed by atoms with Gasteiger partial charge in [0.25, 0.3) is 0 Å². The van der Waals surface area contributed by atoms with E-state index in [0.29, 0.717) is 11.6 Å². The number of hydrogen-bond donors (Lipinski definition) is 1. The summed E-state index contributed by atoms with van der Waals surface area (Å²) in [5, 5.41) is 3.75. The summed E-state index contributed by atoms with van der Waals surface area (Å²) in [5.41, 5.74) is 1.68. The maximum Gasteiger partial charge on any atom is 0.105 e. The Labute approximate surface area is 116 Å². The van der Waals surface area contributed by atoms with E-state index in [1.165, 1.54) is 18.4 Å². The van der Waals surface area contributed by atoms with Crippen LogP contribution in [0.5, 0.6) is 0 Å². The molecule has 2 atom stereocenters. The average Bonchev–Trinajstić information content (AvgIpc) is 3.15. The fourth-order valence-corrected chi connectivity index (χ4v) is 3.63. The van der Waals surface area contributed by atoms with Crippen LogP contribution >= 0.6 is 0 Å². The van der Waals surface area contributed by atoms with E-state index in [9.17, 15) is 0 Å². The third-order valence-electron chi connectivity index (χ3n) is 5.01. The molecule has 3 nitrogen and oxygen atoms in total. The summed E-state index contributed by atoms with van der Waals surface area (Å²) >= 11 is 0. The van der Waals surface area contributed by atoms with Crippen molar-refractivity contribution >= 4 is 0 Å². The molecule has 19 heavy (non-hydrogen) atoms. The highest BCUT2D eigenvalue weighted by Crippen LogP contribution is 2.42. The molecule has 3 heteroatoms. The first-order valence-electron chi connectivity index (χ1n) is 7.55. The maximum absolute atomic E-state index is 5.70. The van der Waals surface area contributed by atoms with Crippen LogP contribution in [0.2, 0.25) is 0 Å². The van der Waals surface area contributed by atoms with Gasteiger partial charge < -0.3 is 9.73 Å². The Kier molecular flexibility index (Phi) is 3.22. The summed E-state index contributed by atoms with van der Waals surface area (Å²) in [5.74, 6) is 2.99. The average molecular weight is 262 g/mol. The van der Waals surface area contributed by atoms with Crippen molar-refractivity contribution in [2.24, 2.45) is 5.92 Å². The van der Waals surface area contributed by atoms with E-state index in [1.54, 1.807) is 0 Å². The fraction of sp³-hybridized carbons (Fsp3) is 0.750. The second kappa shape index (κ2) is 4.64. The molecule has 1 saturated heterocycles. The molecular formula is C16H26N2O. The van der Waals surface area contributed by atoms with Crippen molar-refractivity contribution in [3.8, 4) is 0 Å². The van der Waals surface area contributed by atoms with Crippen LogP contribution in [-0.4, -0.2) is 30.1 Å². The molecule has 1 aliphatic carbocycles. The zero-order valence-corrected chi connectivity index (χ0v) is 12.6. The first-order valence-corrected chi connectivity index (χ1v) is 7.55. The summed E-state index contributed by atoms with van der Waals surface area (Å²) < 4.78 is 5.70. The molecule has 2 unspecified atom stereocenters. The van der Waals surface area contributed by atoms with Crippen molar-refractivity contribution in [2.75, 3.05) is 19.6 Å². The Hall–Kier alpha value is -0.800. The fourth-order valence-electron chi connectivity index (χ4n) is 3.63. The van der Waals surface area contributed by atoms with Gasteiger partial charge in [0.15, 0.2) is 0 Å². The number of piperazine rings is 1. The van der Waals surface area contributed by atoms with Crippen LogP contribution in [-0.2, 0) is 0 Å². The van der Waals surface area contributed by atoms with Gasteiger partial charge in [-0.25, -0.2) is 0 Å². The lowest BCUT2D eigenvalue weighted by Gasteiger charge is -2.44. The predicted molar refractivity (Wildman–Crippen MR) is 77.3 cm³/mol. The maximum atomic E-state index is 5.70. The van der Waals surface area contributed by atoms with Crippen molar-refractivity contribution in [1.82, 2.24) is 10.2 Å². The lowest BCUT2D eigenvalue weighted by Crippen LogP contribution is -2.60. The molecule has 1 aromatic heterocycles. The van der Waals surface area contributed by atoms with Crippen molar-refractivity contribution in [3.05, 3.63) is 23.2 Å². The number of nitrogens with one attached hydrogen (secondary N) is 1. The van der Waals surface area contributed by atoms with Gasteiger partial charge in [0.1, 0.15) is 11.5 Å². The third kappa shape index (κ3) is 2.46. The number of hydrogen-bond acceptors (Lipinski definition) is 3. The summed E-state index contributed by atoms with van der Waals surface area (Å²) in [6, 6.07) is 2.66. The molecule has 106 valence electrons. The molecule has 0 bridgehead atoms. The Morgan fingerprint density at radius 1 is 1.42 bits per heavy atom. The van der Waals surface area contributed by atoms with Gasteiger partial charge in [-0.15, -0.1) is 0 Å². The van der Waals surface area contributed by atoms with Crippen molar-refractivity contribution in [1.29, 1.82) is 0 Å². The van der Waals surface area contributed by atoms with Crippen molar-refractivity contribution in [2.45, 2.75) is 52.1 Å². The molecule has 2 heterocycles. The van der Waals surface area contributed by atoms with E-state index >= 15 is 0 Å². The van der Waals surface area contributed by atoms with Crippen molar-refractivity contribution in [3.63, 3.8) is 0 Å². The summed E-state index contributed by atoms with van der Waals surface area (Å²) in [4.78, 5) is 2.62. The van der Waals surface area contributed by atoms with Crippen LogP contribution in [0.3, 0.4) is 0 Å². The largest absolute Gasteiger partial charge is 0.466 e. The van der Waals surface area contributed by atoms with E-state index in [4.69, 9.17) is 4.42 Å². The molecule has 2 aliphatic rings. The smallest absolute Gasteiger partial charge is 0.105 e. The zero-order chi connectivity index (χ0) is 13.6. The van der Waals surface area contributed by atoms with Gasteiger partial charge in [0.05, 0.1) is 0 Å². The van der Waals surface area contributed by atoms with E-state index in [-0.39, 0.29) is 0 Å². The highest BCUT2D eigenvalue weighted by atomic mass is 16.3. The molecular weight excluding hydrogens is 236 g/mol. The standard InChI is InChI=1S/C16H26N2O/c1-11-9-15(13(3)19-11)12(2)18-8-7-17-16(4,10-18)14-5-6-14/h9,12,14,17H,5-8,10H2,1-4H3. The van der Waals surface area contributed by atoms with Gasteiger partial charge in [0.2, 0.25) is 0 Å². The number of aryl methyl sites for hydroxylation is 2. The Bertz CT molecular complexity index is 463. The Morgan fingerprint density at radius 3 is 2.74 bits per heavy atom. The van der Waals surface area contributed by atoms with E-state index in [2.05, 4.69) is 37.1 Å². The molecule has 0 spiro atoms. The van der Waals surface area contributed by atoms with Gasteiger partial charge in [-0.2, -0.15) is 0 Å². The Balaban J connectivity index is 1.76. The monoisotopic (exact) mass is 262 g/mol. The highest BCUT2D eigenvalue weighted by Gasteiger charge is 2.44. The van der Waals surface area contributed by atoms with E-state index in [1.807, 2.05) is 6.92 Å². The number of nitrogens with zero attached hydrogens (tertiary/aromatic N) is 1. The normalized spacial score (nSPS) is 30.5. The molecule has 2 fully saturated rings. The minimum absolute atomic E-state index is 0.319. The van der Waals surface area contributed by atoms with Crippen LogP contribution in [0.15, 0.2) is 10.5 Å². The molecule has 0 amide bonds. The number of rotatable bonds is 3. The zero-order valence-electron chi connectivity index (χ0n) is 12.6. The van der Waals surface area contributed by atoms with Crippen LogP contribution in [0, 0.1) is 19.8 Å². The van der Waals surface area contributed by atoms with Crippen LogP contribution in [0.1, 0.15) is 49.8 Å². The molecule has 1 aromatic rings. The SMILES string of the molecule is Cc1cc(C(C)N2CCNC(C)(C3CC3)C2)c(C)o1. The third-order valence-corrected chi connectivity index (χ3v) is 5.01. The predicted octanol–water partition coefficient (Wildman–Crippen LogP) is 3.03. The van der Waals surface area contributed by atoms with E-state index in [0.717, 1.165) is 37.1 Å². The highest BCUT2D eigenvalue weighted by molar-refractivity contribution is 5.24. The molecule has 0 aromatic carbocycles. The summed E-state index contributed by atoms with van der Waals surface area (Å²) in [6.45, 7) is 12.2. The van der Waals surface area contributed by atoms with Gasteiger partial charge in [0, 0.05) is 36.8 Å². The van der Waals surface area contributed by atoms with Gasteiger partial charge in [-0.3, -0.25) is 4.90 Å². The van der Waals surface area contributed by atoms with Gasteiger partial charge in [-0.1, -0.05) is 0 Å². The van der Waals surface area contributed by atoms with Gasteiger partial charge >= 0.3 is 0 Å². The minimum Gasteiger partial charge on any atom is -0.466 e. The number of furan rings is 1. The lowest BCUT2D eigenvalue weighted by atomic mass is 9.91. The summed E-state index contributed by atoms with van der Waals surface area (Å²) in [6.07, 6.45) is 2.80. The molecule has 3 rings (SSSR count). The summed E-state index contributed by atoms with van der Waals surface area (Å²) in [7, 11) is 0. The second-order valence-electron chi connectivity index (χ2n) is 6.63. The van der Waals surface area contributed by atoms with Crippen LogP contribution < -0.4 is 5.32 Å². The molecule has 1 saturated carbocycles. The molecule has 1 N–H and O–H groups in total. The first-order chi connectivity index (χ1) is 8.99. The van der Waals surface area contributed by atoms with Crippen LogP contribution in [0.4, 0.5) is 0 Å². The topological polar surface area (TPSA) is 28.4 Å². The molecule has 0 radical (unpaired) electrons.